The van der Waals surface area contributed by atoms with E-state index < -0.39 is 0 Å². The van der Waals surface area contributed by atoms with Crippen LogP contribution in [0.3, 0.4) is 0 Å². The number of rotatable bonds is 9. The molecule has 0 saturated heterocycles. The maximum atomic E-state index is 5.72. The summed E-state index contributed by atoms with van der Waals surface area (Å²) in [5.41, 5.74) is 5.31. The van der Waals surface area contributed by atoms with Crippen LogP contribution < -0.4 is 18.4 Å². The van der Waals surface area contributed by atoms with Crippen LogP contribution in [-0.2, 0) is 10.6 Å². The fraction of sp³-hybridized carbons (Fsp3) is 0.143. The summed E-state index contributed by atoms with van der Waals surface area (Å²) >= 11 is 0.716. The summed E-state index contributed by atoms with van der Waals surface area (Å²) in [6.07, 6.45) is 0. The third-order valence-electron chi connectivity index (χ3n) is 5.16. The number of benzene rings is 4. The molecule has 0 fully saturated rings. The van der Waals surface area contributed by atoms with E-state index in [0.717, 1.165) is 22.1 Å². The molecule has 4 aromatic rings. The van der Waals surface area contributed by atoms with Crippen LogP contribution in [0, 0.1) is 0 Å². The van der Waals surface area contributed by atoms with Gasteiger partial charge in [0.1, 0.15) is 0 Å². The van der Waals surface area contributed by atoms with Crippen LogP contribution in [0.15, 0.2) is 97.1 Å². The fourth-order valence-electron chi connectivity index (χ4n) is 3.57. The second kappa shape index (κ2) is 11.4. The van der Waals surface area contributed by atoms with Crippen molar-refractivity contribution in [3.63, 3.8) is 0 Å². The number of hydrogen-bond donors (Lipinski definition) is 0. The molecule has 0 aliphatic heterocycles. The third-order valence-corrected chi connectivity index (χ3v) is 9.62. The van der Waals surface area contributed by atoms with Gasteiger partial charge in [-0.2, -0.15) is 0 Å². The molecule has 4 rings (SSSR count). The van der Waals surface area contributed by atoms with E-state index in [1.54, 1.807) is 14.2 Å². The van der Waals surface area contributed by atoms with Gasteiger partial charge in [-0.1, -0.05) is 0 Å². The van der Waals surface area contributed by atoms with Gasteiger partial charge in [0.15, 0.2) is 0 Å². The molecule has 0 unspecified atom stereocenters. The van der Waals surface area contributed by atoms with E-state index >= 15 is 0 Å². The van der Waals surface area contributed by atoms with Gasteiger partial charge in [-0.3, -0.25) is 0 Å². The Balaban J connectivity index is 1.73. The molecule has 0 saturated carbocycles. The van der Waals surface area contributed by atoms with E-state index in [4.69, 9.17) is 9.47 Å². The maximum absolute atomic E-state index is 5.72. The monoisotopic (exact) mass is 554 g/mol. The van der Waals surface area contributed by atoms with E-state index in [1.807, 2.05) is 0 Å². The van der Waals surface area contributed by atoms with Crippen molar-refractivity contribution in [1.29, 1.82) is 0 Å². The van der Waals surface area contributed by atoms with Gasteiger partial charge in [-0.25, -0.2) is 0 Å². The second-order valence-electron chi connectivity index (χ2n) is 7.25. The Kier molecular flexibility index (Phi) is 8.09. The molecule has 0 amide bonds. The van der Waals surface area contributed by atoms with Gasteiger partial charge in [0.05, 0.1) is 0 Å². The fourth-order valence-corrected chi connectivity index (χ4v) is 7.34. The quantitative estimate of drug-likeness (QED) is 0.286. The van der Waals surface area contributed by atoms with Crippen molar-refractivity contribution in [2.24, 2.45) is 0 Å². The molecule has 0 N–H and O–H groups in total. The Labute approximate surface area is 203 Å². The van der Waals surface area contributed by atoms with Crippen LogP contribution in [0.1, 0.15) is 11.1 Å². The SMILES string of the molecule is COc1ccc(-c2c(C[Se]c3ccccc3)cc(OC)cc2C[Se]c2ccccc2)cc1. The summed E-state index contributed by atoms with van der Waals surface area (Å²) in [6.45, 7) is 0. The molecule has 2 nitrogen and oxygen atoms in total. The van der Waals surface area contributed by atoms with Crippen LogP contribution in [0.2, 0.25) is 0 Å². The van der Waals surface area contributed by atoms with Gasteiger partial charge in [0.2, 0.25) is 0 Å². The molecule has 32 heavy (non-hydrogen) atoms. The van der Waals surface area contributed by atoms with Crippen LogP contribution in [-0.4, -0.2) is 44.1 Å². The van der Waals surface area contributed by atoms with E-state index in [1.165, 1.54) is 31.2 Å². The van der Waals surface area contributed by atoms with Crippen LogP contribution in [0.25, 0.3) is 11.1 Å². The van der Waals surface area contributed by atoms with Gasteiger partial charge in [0, 0.05) is 0 Å². The molecule has 0 aromatic heterocycles. The van der Waals surface area contributed by atoms with Gasteiger partial charge < -0.3 is 0 Å². The van der Waals surface area contributed by atoms with Crippen molar-refractivity contribution < 1.29 is 9.47 Å². The summed E-state index contributed by atoms with van der Waals surface area (Å²) in [7, 11) is 3.48. The van der Waals surface area contributed by atoms with Crippen LogP contribution >= 0.6 is 0 Å². The average Bonchev–Trinajstić information content (AvgIpc) is 2.87. The average molecular weight is 552 g/mol. The van der Waals surface area contributed by atoms with Crippen molar-refractivity contribution in [3.8, 4) is 22.6 Å². The van der Waals surface area contributed by atoms with Crippen LogP contribution in [0.4, 0.5) is 0 Å². The zero-order valence-corrected chi connectivity index (χ0v) is 21.7. The molecule has 0 atom stereocenters. The van der Waals surface area contributed by atoms with Crippen molar-refractivity contribution in [1.82, 2.24) is 0 Å². The minimum atomic E-state index is 0.358. The molecule has 162 valence electrons. The van der Waals surface area contributed by atoms with Crippen LogP contribution in [0.5, 0.6) is 11.5 Å². The molecule has 4 heteroatoms. The van der Waals surface area contributed by atoms with Crippen molar-refractivity contribution >= 4 is 38.8 Å². The molecule has 0 aliphatic rings. The minimum absolute atomic E-state index is 0.358. The topological polar surface area (TPSA) is 18.5 Å². The molecule has 0 aliphatic carbocycles. The molecular weight excluding hydrogens is 526 g/mol. The molecule has 4 aromatic carbocycles. The molecule has 0 bridgehead atoms. The van der Waals surface area contributed by atoms with E-state index in [-0.39, 0.29) is 0 Å². The zero-order chi connectivity index (χ0) is 22.2. The predicted octanol–water partition coefficient (Wildman–Crippen LogP) is 4.43. The Morgan fingerprint density at radius 2 is 1.03 bits per heavy atom. The van der Waals surface area contributed by atoms with Gasteiger partial charge in [-0.15, -0.1) is 0 Å². The summed E-state index contributed by atoms with van der Waals surface area (Å²) in [4.78, 5) is 0. The van der Waals surface area contributed by atoms with E-state index in [9.17, 15) is 0 Å². The van der Waals surface area contributed by atoms with E-state index in [0.29, 0.717) is 29.9 Å². The van der Waals surface area contributed by atoms with Crippen molar-refractivity contribution in [3.05, 3.63) is 108 Å². The van der Waals surface area contributed by atoms with Gasteiger partial charge in [-0.05, 0) is 0 Å². The zero-order valence-electron chi connectivity index (χ0n) is 18.3. The Bertz CT molecular complexity index is 1060. The van der Waals surface area contributed by atoms with Gasteiger partial charge in [0.25, 0.3) is 0 Å². The third kappa shape index (κ3) is 5.85. The normalized spacial score (nSPS) is 10.7. The molecule has 0 radical (unpaired) electrons. The molecule has 0 spiro atoms. The summed E-state index contributed by atoms with van der Waals surface area (Å²) in [5, 5.41) is 2.06. The predicted molar refractivity (Wildman–Crippen MR) is 136 cm³/mol. The first-order chi connectivity index (χ1) is 15.8. The second-order valence-corrected chi connectivity index (χ2v) is 11.7. The van der Waals surface area contributed by atoms with Gasteiger partial charge >= 0.3 is 204 Å². The van der Waals surface area contributed by atoms with Crippen molar-refractivity contribution in [2.75, 3.05) is 14.2 Å². The molecular formula is C28H26O2Se2. The number of ether oxygens (including phenoxy) is 2. The Hall–Kier alpha value is -2.48. The number of hydrogen-bond acceptors (Lipinski definition) is 2. The summed E-state index contributed by atoms with van der Waals surface area (Å²) < 4.78 is 14.0. The standard InChI is InChI=1S/C28H26O2Se2/c1-29-24-15-13-21(14-16-24)28-22(19-31-26-9-5-3-6-10-26)17-25(30-2)18-23(28)20-32-27-11-7-4-8-12-27/h3-18H,19-20H2,1-2H3. The summed E-state index contributed by atoms with van der Waals surface area (Å²) in [6, 6.07) is 34.5. The molecule has 0 heterocycles. The van der Waals surface area contributed by atoms with Crippen molar-refractivity contribution in [2.45, 2.75) is 10.6 Å². The summed E-state index contributed by atoms with van der Waals surface area (Å²) in [5.74, 6) is 1.83. The number of methoxy groups -OCH3 is 2. The first-order valence-electron chi connectivity index (χ1n) is 10.5. The van der Waals surface area contributed by atoms with E-state index in [2.05, 4.69) is 97.1 Å². The Morgan fingerprint density at radius 3 is 1.47 bits per heavy atom. The first-order valence-corrected chi connectivity index (χ1v) is 14.6. The first kappa shape index (κ1) is 22.7. The Morgan fingerprint density at radius 1 is 0.562 bits per heavy atom.